The van der Waals surface area contributed by atoms with Gasteiger partial charge in [-0.1, -0.05) is 12.0 Å². The molecule has 0 radical (unpaired) electrons. The molecule has 2 N–H and O–H groups in total. The first kappa shape index (κ1) is 26.3. The van der Waals surface area contributed by atoms with Crippen molar-refractivity contribution in [3.05, 3.63) is 23.8 Å². The Morgan fingerprint density at radius 2 is 1.86 bits per heavy atom. The molecule has 0 aliphatic heterocycles. The quantitative estimate of drug-likeness (QED) is 0.223. The van der Waals surface area contributed by atoms with Gasteiger partial charge >= 0.3 is 0 Å². The second-order valence-electron chi connectivity index (χ2n) is 6.76. The van der Waals surface area contributed by atoms with Crippen molar-refractivity contribution in [2.75, 3.05) is 33.9 Å². The third-order valence-electron chi connectivity index (χ3n) is 4.21. The number of ether oxygens (including phenoxy) is 2. The van der Waals surface area contributed by atoms with Crippen LogP contribution < -0.4 is 20.1 Å². The smallest absolute Gasteiger partial charge is 0.191 e. The fraction of sp³-hybridized carbons (Fsp3) is 0.571. The van der Waals surface area contributed by atoms with E-state index in [4.69, 9.17) is 15.9 Å². The van der Waals surface area contributed by atoms with Crippen LogP contribution in [-0.4, -0.2) is 56.8 Å². The van der Waals surface area contributed by atoms with E-state index < -0.39 is 0 Å². The van der Waals surface area contributed by atoms with Gasteiger partial charge in [-0.05, 0) is 45.4 Å². The molecule has 0 bridgehead atoms. The molecule has 0 spiro atoms. The Kier molecular flexibility index (Phi) is 13.5. The molecular weight excluding hydrogens is 467 g/mol. The molecule has 0 amide bonds. The highest BCUT2D eigenvalue weighted by molar-refractivity contribution is 14.0. The highest BCUT2D eigenvalue weighted by Crippen LogP contribution is 2.27. The van der Waals surface area contributed by atoms with Crippen molar-refractivity contribution in [1.29, 1.82) is 0 Å². The maximum absolute atomic E-state index is 5.55. The van der Waals surface area contributed by atoms with Crippen LogP contribution in [0.15, 0.2) is 23.2 Å². The molecule has 0 atom stereocenters. The molecule has 1 rings (SSSR count). The normalized spacial score (nSPS) is 11.2. The molecule has 0 aliphatic carbocycles. The molecule has 0 fully saturated rings. The van der Waals surface area contributed by atoms with Gasteiger partial charge in [0.2, 0.25) is 0 Å². The van der Waals surface area contributed by atoms with Crippen LogP contribution >= 0.6 is 24.0 Å². The molecule has 158 valence electrons. The molecule has 0 aliphatic rings. The maximum Gasteiger partial charge on any atom is 0.191 e. The van der Waals surface area contributed by atoms with Crippen molar-refractivity contribution < 1.29 is 9.47 Å². The molecule has 1 aromatic carbocycles. The summed E-state index contributed by atoms with van der Waals surface area (Å²) in [5.41, 5.74) is 1.05. The zero-order valence-corrected chi connectivity index (χ0v) is 20.2. The molecular formula is C21H35IN4O2. The fourth-order valence-corrected chi connectivity index (χ4v) is 2.89. The van der Waals surface area contributed by atoms with Gasteiger partial charge in [-0.25, -0.2) is 0 Å². The van der Waals surface area contributed by atoms with Gasteiger partial charge in [0.25, 0.3) is 0 Å². The fourth-order valence-electron chi connectivity index (χ4n) is 2.89. The first-order chi connectivity index (χ1) is 12.9. The van der Waals surface area contributed by atoms with Gasteiger partial charge in [0.1, 0.15) is 6.61 Å². The number of terminal acetylenes is 1. The lowest BCUT2D eigenvalue weighted by molar-refractivity contribution is 0.178. The number of aliphatic imine (C=N–C) groups is 1. The number of rotatable bonds is 10. The SMILES string of the molecule is C#CCOc1cc(CNC(=NC)NCCN(C(C)C)C(C)C)ccc1OC.I. The summed E-state index contributed by atoms with van der Waals surface area (Å²) in [6, 6.07) is 6.82. The zero-order valence-electron chi connectivity index (χ0n) is 17.9. The van der Waals surface area contributed by atoms with E-state index >= 15 is 0 Å². The molecule has 0 saturated carbocycles. The van der Waals surface area contributed by atoms with Gasteiger partial charge in [-0.2, -0.15) is 0 Å². The van der Waals surface area contributed by atoms with Crippen LogP contribution in [0.5, 0.6) is 11.5 Å². The van der Waals surface area contributed by atoms with Crippen LogP contribution in [-0.2, 0) is 6.54 Å². The maximum atomic E-state index is 5.55. The molecule has 28 heavy (non-hydrogen) atoms. The Morgan fingerprint density at radius 1 is 1.18 bits per heavy atom. The van der Waals surface area contributed by atoms with Gasteiger partial charge in [0, 0.05) is 38.8 Å². The number of guanidine groups is 1. The topological polar surface area (TPSA) is 58.1 Å². The average Bonchev–Trinajstić information content (AvgIpc) is 2.65. The first-order valence-corrected chi connectivity index (χ1v) is 9.36. The van der Waals surface area contributed by atoms with E-state index in [-0.39, 0.29) is 30.6 Å². The highest BCUT2D eigenvalue weighted by Gasteiger charge is 2.12. The van der Waals surface area contributed by atoms with E-state index in [0.29, 0.717) is 30.1 Å². The summed E-state index contributed by atoms with van der Waals surface area (Å²) in [5.74, 6) is 4.54. The van der Waals surface area contributed by atoms with E-state index in [0.717, 1.165) is 24.6 Å². The van der Waals surface area contributed by atoms with E-state index in [9.17, 15) is 0 Å². The van der Waals surface area contributed by atoms with Crippen LogP contribution in [0, 0.1) is 12.3 Å². The largest absolute Gasteiger partial charge is 0.493 e. The number of nitrogens with zero attached hydrogens (tertiary/aromatic N) is 2. The minimum atomic E-state index is 0. The minimum Gasteiger partial charge on any atom is -0.493 e. The Balaban J connectivity index is 0.00000729. The van der Waals surface area contributed by atoms with Crippen LogP contribution in [0.4, 0.5) is 0 Å². The Labute approximate surface area is 187 Å². The summed E-state index contributed by atoms with van der Waals surface area (Å²) >= 11 is 0. The van der Waals surface area contributed by atoms with Crippen LogP contribution in [0.3, 0.4) is 0 Å². The summed E-state index contributed by atoms with van der Waals surface area (Å²) in [6.45, 7) is 11.5. The Morgan fingerprint density at radius 3 is 2.39 bits per heavy atom. The van der Waals surface area contributed by atoms with Crippen LogP contribution in [0.2, 0.25) is 0 Å². The number of hydrogen-bond acceptors (Lipinski definition) is 4. The first-order valence-electron chi connectivity index (χ1n) is 9.36. The minimum absolute atomic E-state index is 0. The number of methoxy groups -OCH3 is 1. The van der Waals surface area contributed by atoms with Crippen LogP contribution in [0.25, 0.3) is 0 Å². The van der Waals surface area contributed by atoms with E-state index in [1.807, 2.05) is 18.2 Å². The van der Waals surface area contributed by atoms with E-state index in [1.165, 1.54) is 0 Å². The van der Waals surface area contributed by atoms with Crippen molar-refractivity contribution in [2.45, 2.75) is 46.3 Å². The lowest BCUT2D eigenvalue weighted by atomic mass is 10.2. The van der Waals surface area contributed by atoms with Gasteiger partial charge in [-0.15, -0.1) is 30.4 Å². The summed E-state index contributed by atoms with van der Waals surface area (Å²) in [6.07, 6.45) is 5.27. The second-order valence-corrected chi connectivity index (χ2v) is 6.76. The summed E-state index contributed by atoms with van der Waals surface area (Å²) in [7, 11) is 3.38. The van der Waals surface area contributed by atoms with E-state index in [2.05, 4.69) is 54.1 Å². The second kappa shape index (κ2) is 14.4. The standard InChI is InChI=1S/C21H34N4O2.HI/c1-8-13-27-20-14-18(9-10-19(20)26-7)15-24-21(22-6)23-11-12-25(16(2)3)17(4)5;/h1,9-10,14,16-17H,11-13,15H2,2-7H3,(H2,22,23,24);1H. The zero-order chi connectivity index (χ0) is 20.2. The van der Waals surface area contributed by atoms with Crippen molar-refractivity contribution in [2.24, 2.45) is 4.99 Å². The van der Waals surface area contributed by atoms with Crippen molar-refractivity contribution in [1.82, 2.24) is 15.5 Å². The number of halogens is 1. The predicted molar refractivity (Wildman–Crippen MR) is 128 cm³/mol. The Hall–Kier alpha value is -1.66. The third kappa shape index (κ3) is 9.02. The highest BCUT2D eigenvalue weighted by atomic mass is 127. The van der Waals surface area contributed by atoms with E-state index in [1.54, 1.807) is 14.2 Å². The summed E-state index contributed by atoms with van der Waals surface area (Å²) in [5, 5.41) is 6.69. The lowest BCUT2D eigenvalue weighted by Gasteiger charge is -2.30. The molecule has 0 aromatic heterocycles. The lowest BCUT2D eigenvalue weighted by Crippen LogP contribution is -2.45. The Bertz CT molecular complexity index is 634. The molecule has 1 aromatic rings. The molecule has 0 heterocycles. The average molecular weight is 502 g/mol. The van der Waals surface area contributed by atoms with Crippen molar-refractivity contribution >= 4 is 29.9 Å². The monoisotopic (exact) mass is 502 g/mol. The summed E-state index contributed by atoms with van der Waals surface area (Å²) in [4.78, 5) is 6.73. The molecule has 0 saturated heterocycles. The number of benzene rings is 1. The molecule has 7 heteroatoms. The summed E-state index contributed by atoms with van der Waals surface area (Å²) < 4.78 is 10.9. The van der Waals surface area contributed by atoms with Crippen molar-refractivity contribution in [3.63, 3.8) is 0 Å². The number of hydrogen-bond donors (Lipinski definition) is 2. The van der Waals surface area contributed by atoms with Crippen LogP contribution in [0.1, 0.15) is 33.3 Å². The third-order valence-corrected chi connectivity index (χ3v) is 4.21. The molecule has 0 unspecified atom stereocenters. The van der Waals surface area contributed by atoms with Gasteiger partial charge in [0.15, 0.2) is 17.5 Å². The molecule has 6 nitrogen and oxygen atoms in total. The van der Waals surface area contributed by atoms with Gasteiger partial charge < -0.3 is 20.1 Å². The predicted octanol–water partition coefficient (Wildman–Crippen LogP) is 3.11. The van der Waals surface area contributed by atoms with Gasteiger partial charge in [0.05, 0.1) is 7.11 Å². The number of nitrogens with one attached hydrogen (secondary N) is 2. The van der Waals surface area contributed by atoms with Gasteiger partial charge in [-0.3, -0.25) is 9.89 Å². The van der Waals surface area contributed by atoms with Crippen molar-refractivity contribution in [3.8, 4) is 23.8 Å².